The van der Waals surface area contributed by atoms with Crippen LogP contribution in [0.4, 0.5) is 0 Å². The largest absolute Gasteiger partial charge is 0.497 e. The minimum atomic E-state index is 0.0293. The molecule has 0 aliphatic heterocycles. The second-order valence-electron chi connectivity index (χ2n) is 5.53. The van der Waals surface area contributed by atoms with Crippen molar-refractivity contribution < 1.29 is 14.3 Å². The third-order valence-electron chi connectivity index (χ3n) is 3.71. The van der Waals surface area contributed by atoms with Gasteiger partial charge >= 0.3 is 0 Å². The lowest BCUT2D eigenvalue weighted by Gasteiger charge is -2.04. The molecule has 24 heavy (non-hydrogen) atoms. The van der Waals surface area contributed by atoms with Gasteiger partial charge in [0, 0.05) is 0 Å². The third-order valence-corrected chi connectivity index (χ3v) is 3.71. The summed E-state index contributed by atoms with van der Waals surface area (Å²) in [6, 6.07) is 15.2. The number of allylic oxidation sites excluding steroid dienone is 2. The molecule has 0 spiro atoms. The number of carbonyl (C=O) groups excluding carboxylic acids is 1. The Balaban J connectivity index is 2.15. The van der Waals surface area contributed by atoms with E-state index in [9.17, 15) is 4.79 Å². The number of methoxy groups -OCH3 is 2. The van der Waals surface area contributed by atoms with Gasteiger partial charge in [0.15, 0.2) is 5.78 Å². The molecule has 3 nitrogen and oxygen atoms in total. The minimum Gasteiger partial charge on any atom is -0.497 e. The van der Waals surface area contributed by atoms with Gasteiger partial charge < -0.3 is 9.47 Å². The van der Waals surface area contributed by atoms with Gasteiger partial charge in [-0.3, -0.25) is 4.79 Å². The van der Waals surface area contributed by atoms with E-state index in [2.05, 4.69) is 0 Å². The van der Waals surface area contributed by atoms with Crippen LogP contribution in [0.5, 0.6) is 11.5 Å². The Kier molecular flexibility index (Phi) is 5.96. The van der Waals surface area contributed by atoms with Gasteiger partial charge in [-0.2, -0.15) is 0 Å². The van der Waals surface area contributed by atoms with Gasteiger partial charge in [0.2, 0.25) is 0 Å². The van der Waals surface area contributed by atoms with Crippen molar-refractivity contribution in [1.82, 2.24) is 0 Å². The first kappa shape index (κ1) is 17.5. The number of Topliss-reactive ketones (excluding diaryl/α,β-unsaturated/α-hetero) is 1. The first-order valence-corrected chi connectivity index (χ1v) is 7.73. The van der Waals surface area contributed by atoms with Gasteiger partial charge in [-0.05, 0) is 72.5 Å². The van der Waals surface area contributed by atoms with Gasteiger partial charge in [-0.15, -0.1) is 0 Å². The van der Waals surface area contributed by atoms with E-state index < -0.39 is 0 Å². The summed E-state index contributed by atoms with van der Waals surface area (Å²) in [5.74, 6) is 1.63. The molecule has 0 saturated carbocycles. The van der Waals surface area contributed by atoms with Crippen LogP contribution in [0, 0.1) is 0 Å². The molecular formula is C21H22O3. The Morgan fingerprint density at radius 2 is 1.04 bits per heavy atom. The Hall–Kier alpha value is -2.81. The molecule has 0 unspecified atom stereocenters. The normalized spacial score (nSPS) is 12.0. The van der Waals surface area contributed by atoms with Crippen molar-refractivity contribution in [1.29, 1.82) is 0 Å². The number of carbonyl (C=O) groups is 1. The molecule has 0 amide bonds. The fourth-order valence-electron chi connectivity index (χ4n) is 2.34. The van der Waals surface area contributed by atoms with Crippen LogP contribution in [-0.4, -0.2) is 20.0 Å². The monoisotopic (exact) mass is 322 g/mol. The molecule has 0 bridgehead atoms. The van der Waals surface area contributed by atoms with Crippen LogP contribution in [-0.2, 0) is 4.79 Å². The highest BCUT2D eigenvalue weighted by molar-refractivity contribution is 6.12. The predicted molar refractivity (Wildman–Crippen MR) is 98.3 cm³/mol. The van der Waals surface area contributed by atoms with Gasteiger partial charge in [-0.25, -0.2) is 0 Å². The fourth-order valence-corrected chi connectivity index (χ4v) is 2.34. The van der Waals surface area contributed by atoms with E-state index in [4.69, 9.17) is 9.47 Å². The van der Waals surface area contributed by atoms with Crippen molar-refractivity contribution in [2.24, 2.45) is 0 Å². The number of ketones is 1. The lowest BCUT2D eigenvalue weighted by molar-refractivity contribution is -0.112. The summed E-state index contributed by atoms with van der Waals surface area (Å²) in [6.45, 7) is 3.66. The first-order chi connectivity index (χ1) is 11.5. The standard InChI is InChI=1S/C21H22O3/c1-15(13-17-5-9-19(23-3)10-6-17)21(22)16(2)14-18-7-11-20(24-4)12-8-18/h5-14H,1-4H3/b15-13+,16-14+. The summed E-state index contributed by atoms with van der Waals surface area (Å²) < 4.78 is 10.3. The Labute approximate surface area is 143 Å². The van der Waals surface area contributed by atoms with Crippen molar-refractivity contribution in [3.8, 4) is 11.5 Å². The van der Waals surface area contributed by atoms with Crippen molar-refractivity contribution in [2.75, 3.05) is 14.2 Å². The van der Waals surface area contributed by atoms with Crippen LogP contribution >= 0.6 is 0 Å². The van der Waals surface area contributed by atoms with Gasteiger partial charge in [0.05, 0.1) is 14.2 Å². The molecule has 0 radical (unpaired) electrons. The Morgan fingerprint density at radius 3 is 1.33 bits per heavy atom. The lowest BCUT2D eigenvalue weighted by Crippen LogP contribution is -2.01. The highest BCUT2D eigenvalue weighted by Crippen LogP contribution is 2.18. The lowest BCUT2D eigenvalue weighted by atomic mass is 10.0. The molecule has 0 aliphatic rings. The molecule has 2 aromatic rings. The molecular weight excluding hydrogens is 300 g/mol. The summed E-state index contributed by atoms with van der Waals surface area (Å²) in [5.41, 5.74) is 3.34. The third kappa shape index (κ3) is 4.59. The highest BCUT2D eigenvalue weighted by atomic mass is 16.5. The maximum absolute atomic E-state index is 12.5. The minimum absolute atomic E-state index is 0.0293. The Bertz CT molecular complexity index is 685. The van der Waals surface area contributed by atoms with Crippen molar-refractivity contribution in [3.63, 3.8) is 0 Å². The average Bonchev–Trinajstić information content (AvgIpc) is 2.62. The predicted octanol–water partition coefficient (Wildman–Crippen LogP) is 4.78. The first-order valence-electron chi connectivity index (χ1n) is 7.73. The average molecular weight is 322 g/mol. The van der Waals surface area contributed by atoms with Crippen LogP contribution < -0.4 is 9.47 Å². The van der Waals surface area contributed by atoms with E-state index in [1.807, 2.05) is 74.5 Å². The molecule has 0 heterocycles. The zero-order chi connectivity index (χ0) is 17.5. The van der Waals surface area contributed by atoms with Crippen LogP contribution in [0.1, 0.15) is 25.0 Å². The van der Waals surface area contributed by atoms with Gasteiger partial charge in [0.25, 0.3) is 0 Å². The van der Waals surface area contributed by atoms with Crippen LogP contribution in [0.3, 0.4) is 0 Å². The molecule has 124 valence electrons. The number of hydrogen-bond donors (Lipinski definition) is 0. The van der Waals surface area contributed by atoms with E-state index in [0.29, 0.717) is 11.1 Å². The van der Waals surface area contributed by atoms with Crippen molar-refractivity contribution >= 4 is 17.9 Å². The van der Waals surface area contributed by atoms with Crippen LogP contribution in [0.2, 0.25) is 0 Å². The van der Waals surface area contributed by atoms with E-state index in [1.54, 1.807) is 14.2 Å². The smallest absolute Gasteiger partial charge is 0.184 e. The van der Waals surface area contributed by atoms with E-state index >= 15 is 0 Å². The van der Waals surface area contributed by atoms with Crippen LogP contribution in [0.25, 0.3) is 12.2 Å². The summed E-state index contributed by atoms with van der Waals surface area (Å²) >= 11 is 0. The molecule has 0 atom stereocenters. The summed E-state index contributed by atoms with van der Waals surface area (Å²) in [4.78, 5) is 12.5. The zero-order valence-electron chi connectivity index (χ0n) is 14.5. The van der Waals surface area contributed by atoms with Crippen LogP contribution in [0.15, 0.2) is 59.7 Å². The number of benzene rings is 2. The molecule has 0 saturated heterocycles. The topological polar surface area (TPSA) is 35.5 Å². The molecule has 0 N–H and O–H groups in total. The summed E-state index contributed by atoms with van der Waals surface area (Å²) in [5, 5.41) is 0. The molecule has 2 aromatic carbocycles. The fraction of sp³-hybridized carbons (Fsp3) is 0.190. The molecule has 2 rings (SSSR count). The summed E-state index contributed by atoms with van der Waals surface area (Å²) in [6.07, 6.45) is 3.76. The van der Waals surface area contributed by atoms with E-state index in [1.165, 1.54) is 0 Å². The second kappa shape index (κ2) is 8.16. The molecule has 0 aliphatic carbocycles. The molecule has 0 aromatic heterocycles. The molecule has 0 fully saturated rings. The van der Waals surface area contributed by atoms with Gasteiger partial charge in [-0.1, -0.05) is 24.3 Å². The number of ether oxygens (including phenoxy) is 2. The quantitative estimate of drug-likeness (QED) is 0.718. The van der Waals surface area contributed by atoms with Crippen molar-refractivity contribution in [2.45, 2.75) is 13.8 Å². The van der Waals surface area contributed by atoms with Crippen molar-refractivity contribution in [3.05, 3.63) is 70.8 Å². The number of hydrogen-bond acceptors (Lipinski definition) is 3. The zero-order valence-corrected chi connectivity index (χ0v) is 14.5. The van der Waals surface area contributed by atoms with E-state index in [-0.39, 0.29) is 5.78 Å². The highest BCUT2D eigenvalue weighted by Gasteiger charge is 2.07. The maximum Gasteiger partial charge on any atom is 0.184 e. The second-order valence-corrected chi connectivity index (χ2v) is 5.53. The maximum atomic E-state index is 12.5. The van der Waals surface area contributed by atoms with Gasteiger partial charge in [0.1, 0.15) is 11.5 Å². The SMILES string of the molecule is COc1ccc(/C=C(\C)C(=O)/C(C)=C/c2ccc(OC)cc2)cc1. The number of rotatable bonds is 6. The van der Waals surface area contributed by atoms with E-state index in [0.717, 1.165) is 22.6 Å². The summed E-state index contributed by atoms with van der Waals surface area (Å²) in [7, 11) is 3.26. The Morgan fingerprint density at radius 1 is 0.708 bits per heavy atom. The molecule has 3 heteroatoms.